The van der Waals surface area contributed by atoms with Crippen LogP contribution in [0.25, 0.3) is 0 Å². The number of carbonyl (C=O) groups is 1. The summed E-state index contributed by atoms with van der Waals surface area (Å²) >= 11 is 0. The molecule has 0 radical (unpaired) electrons. The van der Waals surface area contributed by atoms with E-state index in [1.54, 1.807) is 11.0 Å². The second-order valence-corrected chi connectivity index (χ2v) is 8.18. The summed E-state index contributed by atoms with van der Waals surface area (Å²) in [5.74, 6) is 1.56. The molecule has 146 valence electrons. The molecule has 6 nitrogen and oxygen atoms in total. The molecule has 0 bridgehead atoms. The first-order valence-electron chi connectivity index (χ1n) is 10.1. The number of nitrogens with zero attached hydrogens (tertiary/aromatic N) is 2. The maximum absolute atomic E-state index is 12.9. The van der Waals surface area contributed by atoms with E-state index >= 15 is 0 Å². The zero-order valence-electron chi connectivity index (χ0n) is 16.2. The average molecular weight is 364 g/mol. The van der Waals surface area contributed by atoms with Crippen LogP contribution < -0.4 is 4.74 Å². The number of carbonyl (C=O) groups excluding carboxylic acids is 1. The van der Waals surface area contributed by atoms with Crippen molar-refractivity contribution in [1.82, 2.24) is 10.1 Å². The Morgan fingerprint density at radius 2 is 2.08 bits per heavy atom. The van der Waals surface area contributed by atoms with Gasteiger partial charge in [0.2, 0.25) is 5.91 Å². The molecule has 6 heteroatoms. The third-order valence-corrected chi connectivity index (χ3v) is 5.88. The van der Waals surface area contributed by atoms with Crippen molar-refractivity contribution in [1.29, 1.82) is 0 Å². The van der Waals surface area contributed by atoms with E-state index in [-0.39, 0.29) is 23.8 Å². The largest absolute Gasteiger partial charge is 0.472 e. The molecular formula is C20H32N2O4. The van der Waals surface area contributed by atoms with Gasteiger partial charge in [-0.3, -0.25) is 4.79 Å². The monoisotopic (exact) mass is 364 g/mol. The van der Waals surface area contributed by atoms with Crippen LogP contribution in [0.1, 0.15) is 71.0 Å². The molecule has 2 fully saturated rings. The third kappa shape index (κ3) is 4.40. The second kappa shape index (κ2) is 8.42. The van der Waals surface area contributed by atoms with E-state index in [1.165, 1.54) is 19.3 Å². The van der Waals surface area contributed by atoms with Crippen molar-refractivity contribution in [3.05, 3.63) is 11.8 Å². The van der Waals surface area contributed by atoms with E-state index in [9.17, 15) is 9.90 Å². The summed E-state index contributed by atoms with van der Waals surface area (Å²) in [5.41, 5.74) is 0. The molecule has 2 aliphatic rings. The zero-order valence-corrected chi connectivity index (χ0v) is 16.2. The summed E-state index contributed by atoms with van der Waals surface area (Å²) in [6.45, 7) is 7.26. The third-order valence-electron chi connectivity index (χ3n) is 5.88. The van der Waals surface area contributed by atoms with Gasteiger partial charge in [-0.05, 0) is 49.1 Å². The lowest BCUT2D eigenvalue weighted by molar-refractivity contribution is -0.133. The fourth-order valence-electron chi connectivity index (χ4n) is 4.18. The molecule has 1 N–H and O–H groups in total. The molecule has 2 atom stereocenters. The number of hydrogen-bond donors (Lipinski definition) is 1. The number of aliphatic hydroxyl groups is 1. The normalized spacial score (nSPS) is 27.7. The van der Waals surface area contributed by atoms with E-state index in [4.69, 9.17) is 9.26 Å². The molecule has 1 saturated carbocycles. The van der Waals surface area contributed by atoms with E-state index in [2.05, 4.69) is 12.1 Å². The minimum absolute atomic E-state index is 0.00250. The number of aromatic nitrogens is 1. The van der Waals surface area contributed by atoms with Crippen molar-refractivity contribution in [2.75, 3.05) is 13.1 Å². The highest BCUT2D eigenvalue weighted by atomic mass is 16.5. The van der Waals surface area contributed by atoms with Crippen LogP contribution in [0.3, 0.4) is 0 Å². The lowest BCUT2D eigenvalue weighted by Crippen LogP contribution is -2.35. The van der Waals surface area contributed by atoms with Gasteiger partial charge >= 0.3 is 0 Å². The van der Waals surface area contributed by atoms with Crippen molar-refractivity contribution < 1.29 is 19.2 Å². The van der Waals surface area contributed by atoms with Crippen LogP contribution in [0, 0.1) is 11.8 Å². The summed E-state index contributed by atoms with van der Waals surface area (Å²) in [7, 11) is 0. The Labute approximate surface area is 155 Å². The molecule has 0 aromatic carbocycles. The maximum atomic E-state index is 12.9. The summed E-state index contributed by atoms with van der Waals surface area (Å²) in [4.78, 5) is 14.6. The van der Waals surface area contributed by atoms with Crippen LogP contribution in [0.5, 0.6) is 5.88 Å². The van der Waals surface area contributed by atoms with Gasteiger partial charge in [0.15, 0.2) is 5.76 Å². The van der Waals surface area contributed by atoms with Gasteiger partial charge in [0.05, 0.1) is 6.10 Å². The van der Waals surface area contributed by atoms with Gasteiger partial charge in [0.1, 0.15) is 12.0 Å². The molecule has 1 unspecified atom stereocenters. The Morgan fingerprint density at radius 3 is 2.65 bits per heavy atom. The average Bonchev–Trinajstić information content (AvgIpc) is 3.25. The SMILES string of the molecule is CCC1CCC(Oc2cc([C@H](C(=O)N3CCC(O)C3)C(C)C)on2)CC1. The van der Waals surface area contributed by atoms with Crippen LogP contribution in [-0.4, -0.2) is 46.4 Å². The summed E-state index contributed by atoms with van der Waals surface area (Å²) in [6.07, 6.45) is 6.17. The van der Waals surface area contributed by atoms with Crippen molar-refractivity contribution in [3.8, 4) is 5.88 Å². The van der Waals surface area contributed by atoms with Crippen LogP contribution >= 0.6 is 0 Å². The van der Waals surface area contributed by atoms with Crippen LogP contribution in [-0.2, 0) is 4.79 Å². The van der Waals surface area contributed by atoms with Crippen molar-refractivity contribution >= 4 is 5.91 Å². The predicted octanol–water partition coefficient (Wildman–Crippen LogP) is 3.36. The van der Waals surface area contributed by atoms with Crippen LogP contribution in [0.4, 0.5) is 0 Å². The minimum atomic E-state index is -0.418. The Kier molecular flexibility index (Phi) is 6.22. The molecule has 1 aliphatic heterocycles. The molecule has 1 aliphatic carbocycles. The lowest BCUT2D eigenvalue weighted by Gasteiger charge is -2.27. The molecule has 1 aromatic heterocycles. The van der Waals surface area contributed by atoms with E-state index in [1.807, 2.05) is 13.8 Å². The fourth-order valence-corrected chi connectivity index (χ4v) is 4.18. The van der Waals surface area contributed by atoms with Gasteiger partial charge < -0.3 is 19.3 Å². The number of hydrogen-bond acceptors (Lipinski definition) is 5. The summed E-state index contributed by atoms with van der Waals surface area (Å²) in [5, 5.41) is 13.8. The summed E-state index contributed by atoms with van der Waals surface area (Å²) < 4.78 is 11.5. The Bertz CT molecular complexity index is 592. The number of ether oxygens (including phenoxy) is 1. The summed E-state index contributed by atoms with van der Waals surface area (Å²) in [6, 6.07) is 1.78. The van der Waals surface area contributed by atoms with Gasteiger partial charge in [-0.2, -0.15) is 0 Å². The quantitative estimate of drug-likeness (QED) is 0.838. The van der Waals surface area contributed by atoms with E-state index in [0.717, 1.165) is 18.8 Å². The number of aliphatic hydroxyl groups excluding tert-OH is 1. The number of amides is 1. The molecule has 1 aromatic rings. The van der Waals surface area contributed by atoms with Crippen molar-refractivity contribution in [3.63, 3.8) is 0 Å². The first-order chi connectivity index (χ1) is 12.5. The highest BCUT2D eigenvalue weighted by molar-refractivity contribution is 5.83. The maximum Gasteiger partial charge on any atom is 0.254 e. The molecule has 1 amide bonds. The van der Waals surface area contributed by atoms with Gasteiger partial charge in [-0.1, -0.05) is 27.2 Å². The van der Waals surface area contributed by atoms with Crippen molar-refractivity contribution in [2.45, 2.75) is 77.4 Å². The predicted molar refractivity (Wildman–Crippen MR) is 98.0 cm³/mol. The molecule has 2 heterocycles. The fraction of sp³-hybridized carbons (Fsp3) is 0.800. The van der Waals surface area contributed by atoms with E-state index < -0.39 is 6.10 Å². The standard InChI is InChI=1S/C20H32N2O4/c1-4-14-5-7-16(8-6-14)25-18-11-17(26-21-18)19(13(2)3)20(24)22-10-9-15(23)12-22/h11,13-16,19,23H,4-10,12H2,1-3H3/t14?,15?,16?,19-/m1/s1. The molecule has 0 spiro atoms. The number of β-amino-alcohol motifs (C(OH)–C–C–N with tert-alkyl or cyclic N) is 1. The number of rotatable bonds is 6. The Morgan fingerprint density at radius 1 is 1.35 bits per heavy atom. The van der Waals surface area contributed by atoms with E-state index in [0.29, 0.717) is 31.2 Å². The van der Waals surface area contributed by atoms with Gasteiger partial charge in [-0.25, -0.2) is 0 Å². The van der Waals surface area contributed by atoms with Gasteiger partial charge in [0, 0.05) is 19.2 Å². The first kappa shape index (κ1) is 19.2. The first-order valence-corrected chi connectivity index (χ1v) is 10.1. The number of likely N-dealkylation sites (tertiary alicyclic amines) is 1. The molecule has 3 rings (SSSR count). The van der Waals surface area contributed by atoms with Gasteiger partial charge in [0.25, 0.3) is 5.88 Å². The van der Waals surface area contributed by atoms with Crippen molar-refractivity contribution in [2.24, 2.45) is 11.8 Å². The van der Waals surface area contributed by atoms with Gasteiger partial charge in [-0.15, -0.1) is 0 Å². The Hall–Kier alpha value is -1.56. The zero-order chi connectivity index (χ0) is 18.7. The topological polar surface area (TPSA) is 75.8 Å². The Balaban J connectivity index is 1.63. The molecule has 1 saturated heterocycles. The molecular weight excluding hydrogens is 332 g/mol. The second-order valence-electron chi connectivity index (χ2n) is 8.18. The van der Waals surface area contributed by atoms with Crippen LogP contribution in [0.15, 0.2) is 10.6 Å². The highest BCUT2D eigenvalue weighted by Crippen LogP contribution is 2.33. The minimum Gasteiger partial charge on any atom is -0.472 e. The lowest BCUT2D eigenvalue weighted by atomic mass is 9.86. The smallest absolute Gasteiger partial charge is 0.254 e. The van der Waals surface area contributed by atoms with Crippen LogP contribution in [0.2, 0.25) is 0 Å². The highest BCUT2D eigenvalue weighted by Gasteiger charge is 2.35. The molecule has 26 heavy (non-hydrogen) atoms.